The first-order chi connectivity index (χ1) is 23.9. The summed E-state index contributed by atoms with van der Waals surface area (Å²) in [5, 5.41) is 9.00. The molecule has 0 bridgehead atoms. The molecule has 7 heteroatoms. The minimum absolute atomic E-state index is 0.759. The van der Waals surface area contributed by atoms with Crippen molar-refractivity contribution in [3.63, 3.8) is 0 Å². The lowest BCUT2D eigenvalue weighted by molar-refractivity contribution is 1.18. The zero-order valence-corrected chi connectivity index (χ0v) is 26.8. The maximum Gasteiger partial charge on any atom is 0.0542 e. The highest BCUT2D eigenvalue weighted by molar-refractivity contribution is 6.11. The number of nitrogen functional groups attached to an aromatic ring is 4. The van der Waals surface area contributed by atoms with Gasteiger partial charge in [-0.2, -0.15) is 0 Å². The zero-order chi connectivity index (χ0) is 33.7. The van der Waals surface area contributed by atoms with E-state index in [0.717, 1.165) is 73.0 Å². The Kier molecular flexibility index (Phi) is 8.46. The number of para-hydroxylation sites is 1. The normalized spacial score (nSPS) is 10.8. The SMILES string of the molecule is Nc1ccc(Nc2ccc(-c3ccc(Nc4ccc(N)cc4)cc3)cc2)cc1.Nc1ccc2c(c1)c1cc(N)ccc1n2-c1ccccc1. The Morgan fingerprint density at radius 2 is 0.694 bits per heavy atom. The molecule has 0 aliphatic carbocycles. The highest BCUT2D eigenvalue weighted by Crippen LogP contribution is 2.34. The Morgan fingerprint density at radius 3 is 1.08 bits per heavy atom. The Bertz CT molecular complexity index is 2180. The first kappa shape index (κ1) is 30.8. The molecular weight excluding hydrogens is 603 g/mol. The van der Waals surface area contributed by atoms with Crippen molar-refractivity contribution in [3.05, 3.63) is 164 Å². The van der Waals surface area contributed by atoms with Crippen LogP contribution in [0.1, 0.15) is 0 Å². The standard InChI is InChI=1S/C24H22N4.C18H15N3/c25-19-5-13-23(14-6-19)27-21-9-1-17(2-10-21)18-3-11-22(12-4-18)28-24-15-7-20(26)8-16-24;19-12-6-8-17-15(10-12)16-11-13(20)7-9-18(16)21(17)14-4-2-1-3-5-14/h1-16,27-28H,25-26H2;1-11H,19-20H2. The minimum atomic E-state index is 0.759. The van der Waals surface area contributed by atoms with Gasteiger partial charge in [-0.3, -0.25) is 0 Å². The summed E-state index contributed by atoms with van der Waals surface area (Å²) in [7, 11) is 0. The quantitative estimate of drug-likeness (QED) is 0.100. The van der Waals surface area contributed by atoms with E-state index in [9.17, 15) is 0 Å². The molecule has 0 aliphatic heterocycles. The molecule has 49 heavy (non-hydrogen) atoms. The number of hydrogen-bond acceptors (Lipinski definition) is 6. The predicted molar refractivity (Wildman–Crippen MR) is 210 cm³/mol. The topological polar surface area (TPSA) is 133 Å². The Labute approximate surface area is 285 Å². The second-order valence-electron chi connectivity index (χ2n) is 11.9. The molecule has 0 saturated heterocycles. The molecular formula is C42H37N7. The van der Waals surface area contributed by atoms with Crippen LogP contribution in [-0.2, 0) is 0 Å². The molecule has 240 valence electrons. The maximum atomic E-state index is 5.96. The molecule has 0 radical (unpaired) electrons. The second-order valence-corrected chi connectivity index (χ2v) is 11.9. The van der Waals surface area contributed by atoms with Crippen LogP contribution >= 0.6 is 0 Å². The predicted octanol–water partition coefficient (Wildman–Crippen LogP) is 9.95. The third-order valence-corrected chi connectivity index (χ3v) is 8.33. The average molecular weight is 640 g/mol. The van der Waals surface area contributed by atoms with E-state index in [4.69, 9.17) is 22.9 Å². The minimum Gasteiger partial charge on any atom is -0.399 e. The van der Waals surface area contributed by atoms with E-state index >= 15 is 0 Å². The lowest BCUT2D eigenvalue weighted by Crippen LogP contribution is -1.93. The summed E-state index contributed by atoms with van der Waals surface area (Å²) in [6, 6.07) is 54.5. The number of anilines is 8. The fraction of sp³-hybridized carbons (Fsp3) is 0. The maximum absolute atomic E-state index is 5.96. The van der Waals surface area contributed by atoms with Crippen molar-refractivity contribution in [1.82, 2.24) is 4.57 Å². The molecule has 0 aliphatic rings. The first-order valence-electron chi connectivity index (χ1n) is 16.0. The van der Waals surface area contributed by atoms with Gasteiger partial charge in [0.2, 0.25) is 0 Å². The number of aromatic nitrogens is 1. The third-order valence-electron chi connectivity index (χ3n) is 8.33. The molecule has 7 aromatic carbocycles. The molecule has 8 aromatic rings. The molecule has 0 unspecified atom stereocenters. The van der Waals surface area contributed by atoms with Crippen LogP contribution in [0, 0.1) is 0 Å². The van der Waals surface area contributed by atoms with Gasteiger partial charge in [0, 0.05) is 62.0 Å². The van der Waals surface area contributed by atoms with E-state index in [2.05, 4.69) is 88.0 Å². The fourth-order valence-electron chi connectivity index (χ4n) is 5.87. The molecule has 1 heterocycles. The number of nitrogens with two attached hydrogens (primary N) is 4. The molecule has 0 spiro atoms. The molecule has 10 N–H and O–H groups in total. The number of benzene rings is 7. The number of nitrogens with zero attached hydrogens (tertiary/aromatic N) is 1. The van der Waals surface area contributed by atoms with Crippen LogP contribution in [0.25, 0.3) is 38.6 Å². The van der Waals surface area contributed by atoms with Crippen LogP contribution in [0.15, 0.2) is 164 Å². The number of hydrogen-bond donors (Lipinski definition) is 6. The highest BCUT2D eigenvalue weighted by Gasteiger charge is 2.12. The number of nitrogens with one attached hydrogen (secondary N) is 2. The van der Waals surface area contributed by atoms with Gasteiger partial charge >= 0.3 is 0 Å². The van der Waals surface area contributed by atoms with Crippen molar-refractivity contribution >= 4 is 67.3 Å². The van der Waals surface area contributed by atoms with Crippen molar-refractivity contribution in [2.75, 3.05) is 33.6 Å². The summed E-state index contributed by atoms with van der Waals surface area (Å²) >= 11 is 0. The molecule has 0 fully saturated rings. The monoisotopic (exact) mass is 639 g/mol. The van der Waals surface area contributed by atoms with Crippen molar-refractivity contribution in [1.29, 1.82) is 0 Å². The van der Waals surface area contributed by atoms with Crippen LogP contribution in [0.4, 0.5) is 45.5 Å². The Hall–Kier alpha value is -6.86. The molecule has 8 rings (SSSR count). The van der Waals surface area contributed by atoms with E-state index in [1.807, 2.05) is 91.0 Å². The van der Waals surface area contributed by atoms with Gasteiger partial charge in [-0.15, -0.1) is 0 Å². The average Bonchev–Trinajstić information content (AvgIpc) is 3.44. The van der Waals surface area contributed by atoms with E-state index in [1.54, 1.807) is 0 Å². The van der Waals surface area contributed by atoms with Gasteiger partial charge in [-0.05, 0) is 132 Å². The van der Waals surface area contributed by atoms with Crippen LogP contribution in [-0.4, -0.2) is 4.57 Å². The van der Waals surface area contributed by atoms with Crippen LogP contribution in [0.3, 0.4) is 0 Å². The van der Waals surface area contributed by atoms with Gasteiger partial charge in [0.25, 0.3) is 0 Å². The zero-order valence-electron chi connectivity index (χ0n) is 26.8. The number of rotatable bonds is 6. The Balaban J connectivity index is 0.000000160. The third kappa shape index (κ3) is 6.96. The van der Waals surface area contributed by atoms with Gasteiger partial charge in [-0.25, -0.2) is 0 Å². The summed E-state index contributed by atoms with van der Waals surface area (Å²) in [4.78, 5) is 0. The van der Waals surface area contributed by atoms with E-state index in [0.29, 0.717) is 0 Å². The van der Waals surface area contributed by atoms with E-state index in [1.165, 1.54) is 11.1 Å². The largest absolute Gasteiger partial charge is 0.399 e. The second kappa shape index (κ2) is 13.5. The van der Waals surface area contributed by atoms with E-state index in [-0.39, 0.29) is 0 Å². The summed E-state index contributed by atoms with van der Waals surface area (Å²) < 4.78 is 2.24. The van der Waals surface area contributed by atoms with Gasteiger partial charge in [0.05, 0.1) is 11.0 Å². The molecule has 0 atom stereocenters. The molecule has 0 amide bonds. The van der Waals surface area contributed by atoms with Crippen LogP contribution < -0.4 is 33.6 Å². The van der Waals surface area contributed by atoms with Crippen molar-refractivity contribution in [2.24, 2.45) is 0 Å². The van der Waals surface area contributed by atoms with Gasteiger partial charge in [-0.1, -0.05) is 42.5 Å². The molecule has 1 aromatic heterocycles. The van der Waals surface area contributed by atoms with Crippen LogP contribution in [0.5, 0.6) is 0 Å². The Morgan fingerprint density at radius 1 is 0.347 bits per heavy atom. The van der Waals surface area contributed by atoms with E-state index < -0.39 is 0 Å². The van der Waals surface area contributed by atoms with Gasteiger partial charge < -0.3 is 38.1 Å². The van der Waals surface area contributed by atoms with Crippen molar-refractivity contribution < 1.29 is 0 Å². The first-order valence-corrected chi connectivity index (χ1v) is 16.0. The lowest BCUT2D eigenvalue weighted by atomic mass is 10.0. The summed E-state index contributed by atoms with van der Waals surface area (Å²) in [6.07, 6.45) is 0. The van der Waals surface area contributed by atoms with Crippen molar-refractivity contribution in [3.8, 4) is 16.8 Å². The lowest BCUT2D eigenvalue weighted by Gasteiger charge is -2.10. The summed E-state index contributed by atoms with van der Waals surface area (Å²) in [5.41, 5.74) is 36.3. The highest BCUT2D eigenvalue weighted by atomic mass is 15.0. The smallest absolute Gasteiger partial charge is 0.0542 e. The number of fused-ring (bicyclic) bond motifs is 3. The van der Waals surface area contributed by atoms with Gasteiger partial charge in [0.1, 0.15) is 0 Å². The molecule has 7 nitrogen and oxygen atoms in total. The van der Waals surface area contributed by atoms with Crippen LogP contribution in [0.2, 0.25) is 0 Å². The fourth-order valence-corrected chi connectivity index (χ4v) is 5.87. The van der Waals surface area contributed by atoms with Crippen molar-refractivity contribution in [2.45, 2.75) is 0 Å². The summed E-state index contributed by atoms with van der Waals surface area (Å²) in [6.45, 7) is 0. The summed E-state index contributed by atoms with van der Waals surface area (Å²) in [5.74, 6) is 0. The molecule has 0 saturated carbocycles. The van der Waals surface area contributed by atoms with Gasteiger partial charge in [0.15, 0.2) is 0 Å².